The van der Waals surface area contributed by atoms with Gasteiger partial charge in [-0.25, -0.2) is 0 Å². The Balaban J connectivity index is 4.90. The van der Waals surface area contributed by atoms with E-state index in [2.05, 4.69) is 79.5 Å². The topological polar surface area (TPSA) is 3.24 Å². The molecule has 0 aromatic rings. The molecule has 0 aliphatic carbocycles. The fraction of sp³-hybridized carbons (Fsp3) is 0.889. The van der Waals surface area contributed by atoms with Gasteiger partial charge in [0.25, 0.3) is 0 Å². The number of nitrogens with zero attached hydrogens (tertiary/aromatic N) is 1. The highest BCUT2D eigenvalue weighted by molar-refractivity contribution is 5.02. The van der Waals surface area contributed by atoms with Crippen LogP contribution in [0.2, 0.25) is 0 Å². The Bertz CT molecular complexity index is 269. The Kier molecular flexibility index (Phi) is 7.96. The average Bonchev–Trinajstić information content (AvgIpc) is 2.36. The number of rotatable bonds is 8. The Morgan fingerprint density at radius 2 is 1.63 bits per heavy atom. The molecule has 0 N–H and O–H groups in total. The van der Waals surface area contributed by atoms with Crippen LogP contribution in [-0.2, 0) is 0 Å². The molecule has 0 aliphatic heterocycles. The molecular formula is C18H37N. The molecule has 0 fully saturated rings. The van der Waals surface area contributed by atoms with Crippen LogP contribution in [0.25, 0.3) is 0 Å². The lowest BCUT2D eigenvalue weighted by Crippen LogP contribution is -2.38. The molecule has 0 rings (SSSR count). The number of allylic oxidation sites excluding steroid dienone is 2. The van der Waals surface area contributed by atoms with Crippen molar-refractivity contribution in [1.82, 2.24) is 4.90 Å². The van der Waals surface area contributed by atoms with Gasteiger partial charge >= 0.3 is 0 Å². The van der Waals surface area contributed by atoms with Gasteiger partial charge in [0.05, 0.1) is 0 Å². The number of hydrogen-bond donors (Lipinski definition) is 0. The van der Waals surface area contributed by atoms with Gasteiger partial charge in [-0.1, -0.05) is 60.6 Å². The molecule has 1 nitrogen and oxygen atoms in total. The predicted octanol–water partition coefficient (Wildman–Crippen LogP) is 5.08. The minimum absolute atomic E-state index is 0.299. The Morgan fingerprint density at radius 3 is 2.00 bits per heavy atom. The van der Waals surface area contributed by atoms with Gasteiger partial charge in [0.1, 0.15) is 0 Å². The minimum atomic E-state index is 0.299. The van der Waals surface area contributed by atoms with Crippen molar-refractivity contribution >= 4 is 0 Å². The van der Waals surface area contributed by atoms with Gasteiger partial charge in [-0.15, -0.1) is 0 Å². The van der Waals surface area contributed by atoms with Crippen molar-refractivity contribution in [1.29, 1.82) is 0 Å². The van der Waals surface area contributed by atoms with Crippen LogP contribution >= 0.6 is 0 Å². The summed E-state index contributed by atoms with van der Waals surface area (Å²) in [6.45, 7) is 21.1. The maximum absolute atomic E-state index is 2.44. The van der Waals surface area contributed by atoms with Crippen molar-refractivity contribution < 1.29 is 0 Å². The Morgan fingerprint density at radius 1 is 1.11 bits per heavy atom. The smallest absolute Gasteiger partial charge is 0.000650 e. The molecule has 0 heterocycles. The third-order valence-corrected chi connectivity index (χ3v) is 5.58. The van der Waals surface area contributed by atoms with Crippen LogP contribution in [-0.4, -0.2) is 25.0 Å². The second kappa shape index (κ2) is 8.09. The fourth-order valence-corrected chi connectivity index (χ4v) is 3.08. The van der Waals surface area contributed by atoms with E-state index >= 15 is 0 Å². The van der Waals surface area contributed by atoms with Crippen molar-refractivity contribution in [3.8, 4) is 0 Å². The highest BCUT2D eigenvalue weighted by atomic mass is 15.1. The highest BCUT2D eigenvalue weighted by Crippen LogP contribution is 2.43. The first-order chi connectivity index (χ1) is 8.70. The van der Waals surface area contributed by atoms with Crippen molar-refractivity contribution in [2.45, 2.75) is 55.4 Å². The first-order valence-corrected chi connectivity index (χ1v) is 8.03. The molecule has 0 radical (unpaired) electrons. The molecule has 4 atom stereocenters. The zero-order chi connectivity index (χ0) is 15.2. The molecule has 4 unspecified atom stereocenters. The third kappa shape index (κ3) is 4.95. The van der Waals surface area contributed by atoms with E-state index in [-0.39, 0.29) is 0 Å². The fourth-order valence-electron chi connectivity index (χ4n) is 3.08. The molecule has 0 aliphatic rings. The molecular weight excluding hydrogens is 230 g/mol. The second-order valence-corrected chi connectivity index (χ2v) is 7.00. The van der Waals surface area contributed by atoms with Crippen LogP contribution in [0.15, 0.2) is 12.2 Å². The largest absolute Gasteiger partial charge is 0.306 e. The van der Waals surface area contributed by atoms with Crippen molar-refractivity contribution in [2.75, 3.05) is 20.1 Å². The first-order valence-electron chi connectivity index (χ1n) is 8.03. The van der Waals surface area contributed by atoms with Crippen LogP contribution < -0.4 is 0 Å². The summed E-state index contributed by atoms with van der Waals surface area (Å²) in [7, 11) is 2.22. The molecule has 0 aromatic carbocycles. The van der Waals surface area contributed by atoms with Gasteiger partial charge in [0, 0.05) is 6.54 Å². The summed E-state index contributed by atoms with van der Waals surface area (Å²) in [5.74, 6) is 2.85. The van der Waals surface area contributed by atoms with Crippen LogP contribution in [0, 0.1) is 29.1 Å². The minimum Gasteiger partial charge on any atom is -0.306 e. The summed E-state index contributed by atoms with van der Waals surface area (Å²) in [5, 5.41) is 0. The summed E-state index contributed by atoms with van der Waals surface area (Å²) in [6, 6.07) is 0. The van der Waals surface area contributed by atoms with Gasteiger partial charge in [-0.2, -0.15) is 0 Å². The van der Waals surface area contributed by atoms with Gasteiger partial charge in [-0.05, 0) is 49.6 Å². The zero-order valence-electron chi connectivity index (χ0n) is 14.8. The molecule has 0 bridgehead atoms. The lowest BCUT2D eigenvalue weighted by atomic mass is 9.63. The van der Waals surface area contributed by atoms with E-state index < -0.39 is 0 Å². The van der Waals surface area contributed by atoms with Crippen molar-refractivity contribution in [2.24, 2.45) is 29.1 Å². The normalized spacial score (nSPS) is 20.8. The predicted molar refractivity (Wildman–Crippen MR) is 88.4 cm³/mol. The lowest BCUT2D eigenvalue weighted by molar-refractivity contribution is 0.0962. The van der Waals surface area contributed by atoms with E-state index in [1.54, 1.807) is 0 Å². The average molecular weight is 268 g/mol. The molecule has 0 spiro atoms. The lowest BCUT2D eigenvalue weighted by Gasteiger charge is -2.42. The maximum Gasteiger partial charge on any atom is 0.000650 e. The van der Waals surface area contributed by atoms with Gasteiger partial charge in [-0.3, -0.25) is 0 Å². The van der Waals surface area contributed by atoms with E-state index in [0.29, 0.717) is 17.3 Å². The summed E-state index contributed by atoms with van der Waals surface area (Å²) in [5.41, 5.74) is 0.299. The van der Waals surface area contributed by atoms with E-state index in [0.717, 1.165) is 18.4 Å². The SMILES string of the molecule is CC=CC(C)(C(C)C)C(C)C(C)C(C)CN(C)CC. The van der Waals surface area contributed by atoms with Crippen LogP contribution in [0.4, 0.5) is 0 Å². The third-order valence-electron chi connectivity index (χ3n) is 5.58. The highest BCUT2D eigenvalue weighted by Gasteiger charge is 2.36. The van der Waals surface area contributed by atoms with E-state index in [4.69, 9.17) is 0 Å². The molecule has 0 saturated carbocycles. The number of hydrogen-bond acceptors (Lipinski definition) is 1. The van der Waals surface area contributed by atoms with Crippen molar-refractivity contribution in [3.05, 3.63) is 12.2 Å². The van der Waals surface area contributed by atoms with E-state index in [1.807, 2.05) is 0 Å². The quantitative estimate of drug-likeness (QED) is 0.554. The molecule has 0 amide bonds. The van der Waals surface area contributed by atoms with Crippen molar-refractivity contribution in [3.63, 3.8) is 0 Å². The summed E-state index contributed by atoms with van der Waals surface area (Å²) < 4.78 is 0. The Hall–Kier alpha value is -0.300. The zero-order valence-corrected chi connectivity index (χ0v) is 14.8. The van der Waals surface area contributed by atoms with E-state index in [1.165, 1.54) is 6.54 Å². The molecule has 0 aromatic heterocycles. The van der Waals surface area contributed by atoms with Gasteiger partial charge < -0.3 is 4.90 Å². The summed E-state index contributed by atoms with van der Waals surface area (Å²) >= 11 is 0. The molecule has 0 saturated heterocycles. The van der Waals surface area contributed by atoms with Crippen LogP contribution in [0.1, 0.15) is 55.4 Å². The van der Waals surface area contributed by atoms with Crippen LogP contribution in [0.5, 0.6) is 0 Å². The monoisotopic (exact) mass is 267 g/mol. The molecule has 114 valence electrons. The first kappa shape index (κ1) is 18.7. The summed E-state index contributed by atoms with van der Waals surface area (Å²) in [6.07, 6.45) is 4.65. The van der Waals surface area contributed by atoms with Gasteiger partial charge in [0.2, 0.25) is 0 Å². The molecule has 1 heteroatoms. The maximum atomic E-state index is 2.44. The Labute approximate surface area is 122 Å². The van der Waals surface area contributed by atoms with Crippen LogP contribution in [0.3, 0.4) is 0 Å². The van der Waals surface area contributed by atoms with E-state index in [9.17, 15) is 0 Å². The van der Waals surface area contributed by atoms with Gasteiger partial charge in [0.15, 0.2) is 0 Å². The second-order valence-electron chi connectivity index (χ2n) is 7.00. The molecule has 19 heavy (non-hydrogen) atoms. The standard InChI is InChI=1S/C18H37N/c1-10-12-18(8,14(3)4)17(7)16(6)15(5)13-19(9)11-2/h10,12,14-17H,11,13H2,1-9H3. The summed E-state index contributed by atoms with van der Waals surface area (Å²) in [4.78, 5) is 2.43.